The van der Waals surface area contributed by atoms with Crippen molar-refractivity contribution in [1.29, 1.82) is 0 Å². The molecule has 0 saturated carbocycles. The molecule has 0 heterocycles. The molecule has 0 aliphatic rings. The Morgan fingerprint density at radius 2 is 1.58 bits per heavy atom. The molecule has 2 aromatic rings. The Bertz CT molecular complexity index is 754. The Morgan fingerprint density at radius 1 is 0.958 bits per heavy atom. The predicted octanol–water partition coefficient (Wildman–Crippen LogP) is 3.02. The first-order chi connectivity index (χ1) is 11.5. The second kappa shape index (κ2) is 7.41. The van der Waals surface area contributed by atoms with E-state index in [1.54, 1.807) is 12.1 Å². The van der Waals surface area contributed by atoms with Crippen molar-refractivity contribution in [1.82, 2.24) is 0 Å². The van der Waals surface area contributed by atoms with Crippen LogP contribution in [0.3, 0.4) is 0 Å². The minimum Gasteiger partial charge on any atom is -0.508 e. The molecule has 6 nitrogen and oxygen atoms in total. The standard InChI is InChI=1S/C18H18O6/c1-22-13-9-16(23-2)18(17(10-13)24-3)15(21)6-4-11-8-12(19)5-7-14(11)20/h4-10,19-20H,1-3H3/b6-4+. The minimum absolute atomic E-state index is 0.0143. The Morgan fingerprint density at radius 3 is 2.12 bits per heavy atom. The zero-order valence-corrected chi connectivity index (χ0v) is 13.6. The summed E-state index contributed by atoms with van der Waals surface area (Å²) in [5.74, 6) is 0.663. The van der Waals surface area contributed by atoms with Crippen LogP contribution >= 0.6 is 0 Å². The number of carbonyl (C=O) groups excluding carboxylic acids is 1. The number of allylic oxidation sites excluding steroid dienone is 1. The first kappa shape index (κ1) is 17.2. The Kier molecular flexibility index (Phi) is 5.31. The third-order valence-electron chi connectivity index (χ3n) is 3.39. The van der Waals surface area contributed by atoms with Gasteiger partial charge in [0.1, 0.15) is 34.3 Å². The lowest BCUT2D eigenvalue weighted by atomic mass is 10.1. The number of ether oxygens (including phenoxy) is 3. The lowest BCUT2D eigenvalue weighted by molar-refractivity contribution is 0.104. The SMILES string of the molecule is COc1cc(OC)c(C(=O)/C=C/c2cc(O)ccc2O)c(OC)c1. The van der Waals surface area contributed by atoms with Crippen molar-refractivity contribution in [3.63, 3.8) is 0 Å². The highest BCUT2D eigenvalue weighted by Gasteiger charge is 2.18. The topological polar surface area (TPSA) is 85.2 Å². The van der Waals surface area contributed by atoms with E-state index < -0.39 is 0 Å². The minimum atomic E-state index is -0.380. The van der Waals surface area contributed by atoms with E-state index in [4.69, 9.17) is 14.2 Å². The molecule has 0 spiro atoms. The van der Waals surface area contributed by atoms with E-state index in [1.165, 1.54) is 51.7 Å². The van der Waals surface area contributed by atoms with Gasteiger partial charge in [0.25, 0.3) is 0 Å². The van der Waals surface area contributed by atoms with Gasteiger partial charge in [-0.2, -0.15) is 0 Å². The molecule has 2 rings (SSSR count). The summed E-state index contributed by atoms with van der Waals surface area (Å²) in [7, 11) is 4.38. The van der Waals surface area contributed by atoms with Crippen LogP contribution in [0.1, 0.15) is 15.9 Å². The van der Waals surface area contributed by atoms with Crippen molar-refractivity contribution in [3.05, 3.63) is 47.5 Å². The van der Waals surface area contributed by atoms with Gasteiger partial charge in [0.2, 0.25) is 0 Å². The molecule has 0 aliphatic carbocycles. The lowest BCUT2D eigenvalue weighted by Crippen LogP contribution is -2.03. The molecule has 0 unspecified atom stereocenters. The average molecular weight is 330 g/mol. The summed E-state index contributed by atoms with van der Waals surface area (Å²) in [4.78, 5) is 12.5. The van der Waals surface area contributed by atoms with Gasteiger partial charge in [-0.25, -0.2) is 0 Å². The highest BCUT2D eigenvalue weighted by atomic mass is 16.5. The van der Waals surface area contributed by atoms with Crippen LogP contribution in [0.4, 0.5) is 0 Å². The molecule has 2 aromatic carbocycles. The van der Waals surface area contributed by atoms with Crippen LogP contribution in [-0.4, -0.2) is 37.3 Å². The number of hydrogen-bond acceptors (Lipinski definition) is 6. The van der Waals surface area contributed by atoms with Crippen LogP contribution in [0.2, 0.25) is 0 Å². The fourth-order valence-corrected chi connectivity index (χ4v) is 2.17. The zero-order chi connectivity index (χ0) is 17.7. The van der Waals surface area contributed by atoms with Crippen molar-refractivity contribution in [2.45, 2.75) is 0 Å². The monoisotopic (exact) mass is 330 g/mol. The second-order valence-electron chi connectivity index (χ2n) is 4.85. The Balaban J connectivity index is 2.42. The molecule has 0 radical (unpaired) electrons. The average Bonchev–Trinajstić information content (AvgIpc) is 2.60. The molecule has 0 aliphatic heterocycles. The van der Waals surface area contributed by atoms with E-state index in [0.29, 0.717) is 22.8 Å². The number of hydrogen-bond donors (Lipinski definition) is 2. The summed E-state index contributed by atoms with van der Waals surface area (Å²) in [5, 5.41) is 19.2. The van der Waals surface area contributed by atoms with Crippen molar-refractivity contribution >= 4 is 11.9 Å². The third-order valence-corrected chi connectivity index (χ3v) is 3.39. The number of rotatable bonds is 6. The van der Waals surface area contributed by atoms with Gasteiger partial charge in [-0.05, 0) is 30.4 Å². The number of ketones is 1. The van der Waals surface area contributed by atoms with Crippen LogP contribution in [0, 0.1) is 0 Å². The summed E-state index contributed by atoms with van der Waals surface area (Å²) >= 11 is 0. The van der Waals surface area contributed by atoms with Gasteiger partial charge in [0.15, 0.2) is 5.78 Å². The first-order valence-corrected chi connectivity index (χ1v) is 7.04. The van der Waals surface area contributed by atoms with Crippen molar-refractivity contribution in [3.8, 4) is 28.7 Å². The molecule has 0 amide bonds. The summed E-state index contributed by atoms with van der Waals surface area (Å²) < 4.78 is 15.6. The summed E-state index contributed by atoms with van der Waals surface area (Å²) in [6.07, 6.45) is 2.67. The van der Waals surface area contributed by atoms with E-state index in [2.05, 4.69) is 0 Å². The van der Waals surface area contributed by atoms with Gasteiger partial charge < -0.3 is 24.4 Å². The molecular formula is C18H18O6. The molecule has 0 fully saturated rings. The van der Waals surface area contributed by atoms with Gasteiger partial charge in [-0.1, -0.05) is 0 Å². The second-order valence-corrected chi connectivity index (χ2v) is 4.85. The highest BCUT2D eigenvalue weighted by Crippen LogP contribution is 2.35. The first-order valence-electron chi connectivity index (χ1n) is 7.04. The number of phenolic OH excluding ortho intramolecular Hbond substituents is 2. The maximum absolute atomic E-state index is 12.5. The highest BCUT2D eigenvalue weighted by molar-refractivity contribution is 6.10. The van der Waals surface area contributed by atoms with E-state index in [-0.39, 0.29) is 22.8 Å². The molecule has 0 bridgehead atoms. The quantitative estimate of drug-likeness (QED) is 0.481. The van der Waals surface area contributed by atoms with Crippen molar-refractivity contribution < 1.29 is 29.2 Å². The van der Waals surface area contributed by atoms with Gasteiger partial charge in [0, 0.05) is 17.7 Å². The molecule has 2 N–H and O–H groups in total. The molecule has 6 heteroatoms. The van der Waals surface area contributed by atoms with Gasteiger partial charge in [-0.3, -0.25) is 4.79 Å². The van der Waals surface area contributed by atoms with E-state index in [9.17, 15) is 15.0 Å². The van der Waals surface area contributed by atoms with Crippen LogP contribution < -0.4 is 14.2 Å². The normalized spacial score (nSPS) is 10.6. The summed E-state index contributed by atoms with van der Waals surface area (Å²) in [5.41, 5.74) is 0.548. The molecule has 24 heavy (non-hydrogen) atoms. The Labute approximate surface area is 139 Å². The van der Waals surface area contributed by atoms with E-state index in [1.807, 2.05) is 0 Å². The fraction of sp³-hybridized carbons (Fsp3) is 0.167. The van der Waals surface area contributed by atoms with Crippen molar-refractivity contribution in [2.75, 3.05) is 21.3 Å². The van der Waals surface area contributed by atoms with Gasteiger partial charge in [-0.15, -0.1) is 0 Å². The summed E-state index contributed by atoms with van der Waals surface area (Å²) in [6.45, 7) is 0. The number of aromatic hydroxyl groups is 2. The van der Waals surface area contributed by atoms with Crippen LogP contribution in [0.5, 0.6) is 28.7 Å². The van der Waals surface area contributed by atoms with Gasteiger partial charge in [0.05, 0.1) is 21.3 Å². The molecule has 0 atom stereocenters. The largest absolute Gasteiger partial charge is 0.508 e. The molecular weight excluding hydrogens is 312 g/mol. The smallest absolute Gasteiger partial charge is 0.193 e. The fourth-order valence-electron chi connectivity index (χ4n) is 2.17. The van der Waals surface area contributed by atoms with Crippen LogP contribution in [0.15, 0.2) is 36.4 Å². The van der Waals surface area contributed by atoms with E-state index >= 15 is 0 Å². The Hall–Kier alpha value is -3.15. The number of phenols is 2. The van der Waals surface area contributed by atoms with Crippen LogP contribution in [0.25, 0.3) is 6.08 Å². The lowest BCUT2D eigenvalue weighted by Gasteiger charge is -2.13. The van der Waals surface area contributed by atoms with Crippen molar-refractivity contribution in [2.24, 2.45) is 0 Å². The number of carbonyl (C=O) groups is 1. The molecule has 126 valence electrons. The molecule has 0 aromatic heterocycles. The third kappa shape index (κ3) is 3.60. The number of benzene rings is 2. The number of methoxy groups -OCH3 is 3. The predicted molar refractivity (Wildman–Crippen MR) is 89.2 cm³/mol. The van der Waals surface area contributed by atoms with E-state index in [0.717, 1.165) is 0 Å². The van der Waals surface area contributed by atoms with Gasteiger partial charge >= 0.3 is 0 Å². The molecule has 0 saturated heterocycles. The zero-order valence-electron chi connectivity index (χ0n) is 13.6. The summed E-state index contributed by atoms with van der Waals surface area (Å²) in [6, 6.07) is 7.20. The van der Waals surface area contributed by atoms with Crippen LogP contribution in [-0.2, 0) is 0 Å². The maximum Gasteiger partial charge on any atom is 0.193 e. The maximum atomic E-state index is 12.5.